The molecule has 1 saturated heterocycles. The molecule has 0 aliphatic carbocycles. The van der Waals surface area contributed by atoms with E-state index < -0.39 is 0 Å². The van der Waals surface area contributed by atoms with Gasteiger partial charge in [0.05, 0.1) is 11.7 Å². The molecule has 0 bridgehead atoms. The summed E-state index contributed by atoms with van der Waals surface area (Å²) in [6.45, 7) is 2.12. The van der Waals surface area contributed by atoms with Crippen molar-refractivity contribution < 1.29 is 9.59 Å². The summed E-state index contributed by atoms with van der Waals surface area (Å²) in [6, 6.07) is 10.7. The fraction of sp³-hybridized carbons (Fsp3) is 0.292. The molecule has 1 fully saturated rings. The number of hydrogen-bond acceptors (Lipinski definition) is 6. The van der Waals surface area contributed by atoms with E-state index in [1.54, 1.807) is 36.7 Å². The van der Waals surface area contributed by atoms with Crippen LogP contribution in [0.4, 0.5) is 11.6 Å². The van der Waals surface area contributed by atoms with Gasteiger partial charge in [0, 0.05) is 63.0 Å². The molecule has 3 aromatic rings. The molecule has 0 spiro atoms. The van der Waals surface area contributed by atoms with Crippen LogP contribution in [0.1, 0.15) is 41.9 Å². The molecule has 2 amide bonds. The lowest BCUT2D eigenvalue weighted by Gasteiger charge is -2.27. The van der Waals surface area contributed by atoms with Crippen molar-refractivity contribution in [2.24, 2.45) is 0 Å². The molecule has 1 aliphatic rings. The van der Waals surface area contributed by atoms with Crippen molar-refractivity contribution in [2.45, 2.75) is 25.8 Å². The van der Waals surface area contributed by atoms with Gasteiger partial charge in [-0.1, -0.05) is 0 Å². The first-order valence-corrected chi connectivity index (χ1v) is 10.6. The lowest BCUT2D eigenvalue weighted by molar-refractivity contribution is -0.114. The van der Waals surface area contributed by atoms with Crippen LogP contribution in [0.3, 0.4) is 0 Å². The van der Waals surface area contributed by atoms with Crippen LogP contribution in [0.2, 0.25) is 0 Å². The van der Waals surface area contributed by atoms with Gasteiger partial charge >= 0.3 is 0 Å². The number of carbonyl (C=O) groups excluding carboxylic acids is 2. The van der Waals surface area contributed by atoms with E-state index in [9.17, 15) is 9.59 Å². The molecule has 32 heavy (non-hydrogen) atoms. The third kappa shape index (κ3) is 4.44. The summed E-state index contributed by atoms with van der Waals surface area (Å²) in [4.78, 5) is 41.9. The number of carbonyl (C=O) groups is 2. The van der Waals surface area contributed by atoms with Crippen LogP contribution in [0.15, 0.2) is 55.0 Å². The summed E-state index contributed by atoms with van der Waals surface area (Å²) in [5, 5.41) is 2.73. The van der Waals surface area contributed by atoms with Crippen LogP contribution in [0.25, 0.3) is 11.1 Å². The number of amides is 2. The number of aromatic nitrogens is 3. The first-order valence-electron chi connectivity index (χ1n) is 10.6. The Morgan fingerprint density at radius 1 is 1.09 bits per heavy atom. The maximum atomic E-state index is 13.4. The first-order chi connectivity index (χ1) is 15.4. The van der Waals surface area contributed by atoms with Crippen molar-refractivity contribution in [3.8, 4) is 11.1 Å². The molecule has 164 valence electrons. The lowest BCUT2D eigenvalue weighted by Crippen LogP contribution is -2.31. The molecule has 2 aromatic heterocycles. The molecule has 1 aromatic carbocycles. The smallest absolute Gasteiger partial charge is 0.254 e. The Kier molecular flexibility index (Phi) is 6.11. The number of benzene rings is 1. The standard InChI is InChI=1S/C24H26N6O2/c1-16(31)27-19-8-6-18(7-9-19)23(32)30-14-4-5-21(30)22-20(17-10-12-25-13-11-17)15-26-24(28-22)29(2)3/h6-13,15,21H,4-5,14H2,1-3H3,(H,27,31). The van der Waals surface area contributed by atoms with Crippen LogP contribution >= 0.6 is 0 Å². The normalized spacial score (nSPS) is 15.5. The first kappa shape index (κ1) is 21.4. The largest absolute Gasteiger partial charge is 0.347 e. The Morgan fingerprint density at radius 2 is 1.81 bits per heavy atom. The summed E-state index contributed by atoms with van der Waals surface area (Å²) in [5.41, 5.74) is 3.97. The van der Waals surface area contributed by atoms with Crippen LogP contribution in [-0.4, -0.2) is 52.3 Å². The van der Waals surface area contributed by atoms with Crippen molar-refractivity contribution in [3.05, 3.63) is 66.2 Å². The van der Waals surface area contributed by atoms with Crippen molar-refractivity contribution in [1.82, 2.24) is 19.9 Å². The maximum absolute atomic E-state index is 13.4. The number of hydrogen-bond donors (Lipinski definition) is 1. The van der Waals surface area contributed by atoms with E-state index in [4.69, 9.17) is 4.98 Å². The van der Waals surface area contributed by atoms with Crippen LogP contribution < -0.4 is 10.2 Å². The average molecular weight is 431 g/mol. The van der Waals surface area contributed by atoms with E-state index in [0.29, 0.717) is 23.7 Å². The second-order valence-electron chi connectivity index (χ2n) is 8.01. The molecule has 1 N–H and O–H groups in total. The Hall–Kier alpha value is -3.81. The maximum Gasteiger partial charge on any atom is 0.254 e. The fourth-order valence-electron chi connectivity index (χ4n) is 3.97. The third-order valence-corrected chi connectivity index (χ3v) is 5.48. The molecule has 3 heterocycles. The van der Waals surface area contributed by atoms with E-state index in [1.807, 2.05) is 42.2 Å². The molecule has 1 unspecified atom stereocenters. The molecule has 4 rings (SSSR count). The van der Waals surface area contributed by atoms with Gasteiger partial charge in [0.15, 0.2) is 0 Å². The Bertz CT molecular complexity index is 1120. The molecular formula is C24H26N6O2. The minimum absolute atomic E-state index is 0.0485. The summed E-state index contributed by atoms with van der Waals surface area (Å²) in [6.07, 6.45) is 7.05. The topological polar surface area (TPSA) is 91.3 Å². The summed E-state index contributed by atoms with van der Waals surface area (Å²) >= 11 is 0. The highest BCUT2D eigenvalue weighted by atomic mass is 16.2. The van der Waals surface area contributed by atoms with Crippen LogP contribution in [0.5, 0.6) is 0 Å². The summed E-state index contributed by atoms with van der Waals surface area (Å²) in [7, 11) is 3.80. The van der Waals surface area contributed by atoms with E-state index in [1.165, 1.54) is 6.92 Å². The number of pyridine rings is 1. The highest BCUT2D eigenvalue weighted by Gasteiger charge is 2.34. The minimum Gasteiger partial charge on any atom is -0.347 e. The van der Waals surface area contributed by atoms with Crippen molar-refractivity contribution in [2.75, 3.05) is 30.9 Å². The van der Waals surface area contributed by atoms with Gasteiger partial charge in [0.2, 0.25) is 11.9 Å². The number of nitrogens with zero attached hydrogens (tertiary/aromatic N) is 5. The Balaban J connectivity index is 1.69. The zero-order valence-corrected chi connectivity index (χ0v) is 18.4. The average Bonchev–Trinajstić information content (AvgIpc) is 3.28. The zero-order valence-electron chi connectivity index (χ0n) is 18.4. The lowest BCUT2D eigenvalue weighted by atomic mass is 10.00. The van der Waals surface area contributed by atoms with E-state index >= 15 is 0 Å². The van der Waals surface area contributed by atoms with Crippen molar-refractivity contribution in [3.63, 3.8) is 0 Å². The molecule has 0 radical (unpaired) electrons. The highest BCUT2D eigenvalue weighted by molar-refractivity contribution is 5.96. The van der Waals surface area contributed by atoms with Crippen molar-refractivity contribution >= 4 is 23.5 Å². The number of likely N-dealkylation sites (tertiary alicyclic amines) is 1. The van der Waals surface area contributed by atoms with E-state index in [2.05, 4.69) is 15.3 Å². The van der Waals surface area contributed by atoms with Gasteiger partial charge in [-0.15, -0.1) is 0 Å². The number of rotatable bonds is 5. The van der Waals surface area contributed by atoms with Gasteiger partial charge in [-0.05, 0) is 54.8 Å². The molecule has 1 aliphatic heterocycles. The van der Waals surface area contributed by atoms with Gasteiger partial charge in [-0.3, -0.25) is 14.6 Å². The molecule has 1 atom stereocenters. The van der Waals surface area contributed by atoms with Crippen molar-refractivity contribution in [1.29, 1.82) is 0 Å². The zero-order chi connectivity index (χ0) is 22.7. The fourth-order valence-corrected chi connectivity index (χ4v) is 3.97. The van der Waals surface area contributed by atoms with Gasteiger partial charge in [0.25, 0.3) is 5.91 Å². The SMILES string of the molecule is CC(=O)Nc1ccc(C(=O)N2CCCC2c2nc(N(C)C)ncc2-c2ccncc2)cc1. The molecule has 8 nitrogen and oxygen atoms in total. The van der Waals surface area contributed by atoms with Crippen LogP contribution in [0, 0.1) is 0 Å². The minimum atomic E-state index is -0.151. The molecule has 0 saturated carbocycles. The Morgan fingerprint density at radius 3 is 2.47 bits per heavy atom. The second kappa shape index (κ2) is 9.13. The van der Waals surface area contributed by atoms with E-state index in [0.717, 1.165) is 29.7 Å². The monoisotopic (exact) mass is 430 g/mol. The van der Waals surface area contributed by atoms with Gasteiger partial charge < -0.3 is 15.1 Å². The summed E-state index contributed by atoms with van der Waals surface area (Å²) in [5.74, 6) is 0.414. The molecular weight excluding hydrogens is 404 g/mol. The quantitative estimate of drug-likeness (QED) is 0.666. The number of anilines is 2. The third-order valence-electron chi connectivity index (χ3n) is 5.48. The van der Waals surface area contributed by atoms with E-state index in [-0.39, 0.29) is 17.9 Å². The highest BCUT2D eigenvalue weighted by Crippen LogP contribution is 2.37. The predicted molar refractivity (Wildman–Crippen MR) is 123 cm³/mol. The van der Waals surface area contributed by atoms with Gasteiger partial charge in [0.1, 0.15) is 0 Å². The Labute approximate surface area is 187 Å². The summed E-state index contributed by atoms with van der Waals surface area (Å²) < 4.78 is 0. The predicted octanol–water partition coefficient (Wildman–Crippen LogP) is 3.54. The molecule has 8 heteroatoms. The second-order valence-corrected chi connectivity index (χ2v) is 8.01. The van der Waals surface area contributed by atoms with Gasteiger partial charge in [-0.25, -0.2) is 9.97 Å². The van der Waals surface area contributed by atoms with Crippen LogP contribution in [-0.2, 0) is 4.79 Å². The van der Waals surface area contributed by atoms with Gasteiger partial charge in [-0.2, -0.15) is 0 Å². The number of nitrogens with one attached hydrogen (secondary N) is 1.